The Labute approximate surface area is 147 Å². The van der Waals surface area contributed by atoms with Crippen LogP contribution in [0.5, 0.6) is 0 Å². The van der Waals surface area contributed by atoms with Gasteiger partial charge in [-0.1, -0.05) is 30.3 Å². The fraction of sp³-hybridized carbons (Fsp3) is 0.263. The predicted molar refractivity (Wildman–Crippen MR) is 97.9 cm³/mol. The van der Waals surface area contributed by atoms with Crippen molar-refractivity contribution in [2.45, 2.75) is 19.5 Å². The lowest BCUT2D eigenvalue weighted by atomic mass is 10.1. The van der Waals surface area contributed by atoms with Gasteiger partial charge in [-0.15, -0.1) is 0 Å². The van der Waals surface area contributed by atoms with Gasteiger partial charge in [0.2, 0.25) is 0 Å². The molecule has 0 radical (unpaired) electrons. The average molecular weight is 341 g/mol. The largest absolute Gasteiger partial charge is 0.478 e. The first-order valence-corrected chi connectivity index (χ1v) is 8.09. The van der Waals surface area contributed by atoms with Crippen LogP contribution in [-0.4, -0.2) is 36.7 Å². The van der Waals surface area contributed by atoms with E-state index in [0.717, 1.165) is 11.3 Å². The average Bonchev–Trinajstić information content (AvgIpc) is 2.64. The Hall–Kier alpha value is -3.02. The summed E-state index contributed by atoms with van der Waals surface area (Å²) in [6.07, 6.45) is 0. The summed E-state index contributed by atoms with van der Waals surface area (Å²) in [5.74, 6) is -0.964. The molecule has 6 heteroatoms. The molecule has 0 fully saturated rings. The number of benzene rings is 2. The van der Waals surface area contributed by atoms with Crippen LogP contribution >= 0.6 is 0 Å². The van der Waals surface area contributed by atoms with E-state index in [4.69, 9.17) is 5.11 Å². The number of carboxylic acid groups (broad SMARTS) is 1. The topological polar surface area (TPSA) is 81.7 Å². The molecule has 2 aromatic rings. The fourth-order valence-corrected chi connectivity index (χ4v) is 2.30. The zero-order valence-corrected chi connectivity index (χ0v) is 14.4. The lowest BCUT2D eigenvalue weighted by Crippen LogP contribution is -2.43. The molecule has 0 heterocycles. The van der Waals surface area contributed by atoms with Crippen molar-refractivity contribution < 1.29 is 14.7 Å². The highest BCUT2D eigenvalue weighted by atomic mass is 16.4. The highest BCUT2D eigenvalue weighted by Crippen LogP contribution is 2.13. The number of likely N-dealkylation sites (N-methyl/N-ethyl adjacent to an activating group) is 1. The fourth-order valence-electron chi connectivity index (χ4n) is 2.30. The number of rotatable bonds is 7. The maximum atomic E-state index is 11.9. The number of anilines is 1. The normalized spacial score (nSPS) is 11.4. The third kappa shape index (κ3) is 5.53. The minimum absolute atomic E-state index is 0.142. The Morgan fingerprint density at radius 3 is 2.28 bits per heavy atom. The zero-order chi connectivity index (χ0) is 18.2. The number of carbonyl (C=O) groups is 2. The van der Waals surface area contributed by atoms with E-state index in [1.165, 1.54) is 12.1 Å². The number of carboxylic acids is 1. The lowest BCUT2D eigenvalue weighted by Gasteiger charge is -2.27. The van der Waals surface area contributed by atoms with Crippen molar-refractivity contribution in [1.82, 2.24) is 10.6 Å². The van der Waals surface area contributed by atoms with Crippen molar-refractivity contribution in [3.05, 3.63) is 65.7 Å². The molecule has 6 nitrogen and oxygen atoms in total. The maximum absolute atomic E-state index is 11.9. The van der Waals surface area contributed by atoms with Gasteiger partial charge < -0.3 is 20.6 Å². The number of carbonyl (C=O) groups excluding carboxylic acids is 1. The molecule has 1 atom stereocenters. The van der Waals surface area contributed by atoms with Gasteiger partial charge in [0.1, 0.15) is 0 Å². The number of hydrogen-bond donors (Lipinski definition) is 3. The van der Waals surface area contributed by atoms with Crippen molar-refractivity contribution in [3.63, 3.8) is 0 Å². The number of urea groups is 1. The Morgan fingerprint density at radius 2 is 1.68 bits per heavy atom. The van der Waals surface area contributed by atoms with Crippen molar-refractivity contribution in [2.75, 3.05) is 18.5 Å². The molecule has 3 N–H and O–H groups in total. The van der Waals surface area contributed by atoms with Crippen LogP contribution in [0, 0.1) is 0 Å². The van der Waals surface area contributed by atoms with E-state index in [0.29, 0.717) is 13.1 Å². The lowest BCUT2D eigenvalue weighted by molar-refractivity contribution is 0.0697. The molecular formula is C19H23N3O3. The molecule has 0 aliphatic carbocycles. The van der Waals surface area contributed by atoms with Gasteiger partial charge in [-0.25, -0.2) is 9.59 Å². The number of amides is 2. The van der Waals surface area contributed by atoms with Crippen molar-refractivity contribution in [3.8, 4) is 0 Å². The van der Waals surface area contributed by atoms with Crippen LogP contribution in [-0.2, 0) is 6.54 Å². The molecule has 25 heavy (non-hydrogen) atoms. The van der Waals surface area contributed by atoms with E-state index in [1.54, 1.807) is 12.1 Å². The smallest absolute Gasteiger partial charge is 0.335 e. The first-order chi connectivity index (χ1) is 12.0. The monoisotopic (exact) mass is 341 g/mol. The summed E-state index contributed by atoms with van der Waals surface area (Å²) < 4.78 is 0. The number of aromatic carboxylic acids is 1. The third-order valence-corrected chi connectivity index (χ3v) is 4.04. The van der Waals surface area contributed by atoms with Crippen LogP contribution < -0.4 is 15.5 Å². The van der Waals surface area contributed by atoms with E-state index in [1.807, 2.05) is 44.3 Å². The summed E-state index contributed by atoms with van der Waals surface area (Å²) in [6.45, 7) is 2.89. The molecule has 0 saturated heterocycles. The molecule has 2 aromatic carbocycles. The van der Waals surface area contributed by atoms with Crippen LogP contribution in [0.25, 0.3) is 0 Å². The van der Waals surface area contributed by atoms with Gasteiger partial charge in [0.05, 0.1) is 5.56 Å². The van der Waals surface area contributed by atoms with Gasteiger partial charge in [-0.05, 0) is 36.8 Å². The van der Waals surface area contributed by atoms with Crippen LogP contribution in [0.15, 0.2) is 54.6 Å². The van der Waals surface area contributed by atoms with E-state index >= 15 is 0 Å². The maximum Gasteiger partial charge on any atom is 0.335 e. The Morgan fingerprint density at radius 1 is 1.04 bits per heavy atom. The first-order valence-electron chi connectivity index (χ1n) is 8.09. The molecule has 2 amide bonds. The minimum Gasteiger partial charge on any atom is -0.478 e. The number of para-hydroxylation sites is 1. The summed E-state index contributed by atoms with van der Waals surface area (Å²) in [4.78, 5) is 24.8. The standard InChI is InChI=1S/C19H23N3O3/c1-14(22(2)17-6-4-3-5-7-17)12-20-19(25)21-13-15-8-10-16(11-9-15)18(23)24/h3-11,14H,12-13H2,1-2H3,(H,23,24)(H2,20,21,25). The summed E-state index contributed by atoms with van der Waals surface area (Å²) in [5, 5.41) is 14.5. The molecule has 0 aromatic heterocycles. The third-order valence-electron chi connectivity index (χ3n) is 4.04. The van der Waals surface area contributed by atoms with Crippen LogP contribution in [0.3, 0.4) is 0 Å². The zero-order valence-electron chi connectivity index (χ0n) is 14.4. The Balaban J connectivity index is 1.75. The SMILES string of the molecule is CC(CNC(=O)NCc1ccc(C(=O)O)cc1)N(C)c1ccccc1. The van der Waals surface area contributed by atoms with Gasteiger partial charge in [-0.2, -0.15) is 0 Å². The molecule has 0 aliphatic heterocycles. The highest BCUT2D eigenvalue weighted by molar-refractivity contribution is 5.87. The summed E-state index contributed by atoms with van der Waals surface area (Å²) >= 11 is 0. The van der Waals surface area contributed by atoms with Gasteiger partial charge in [0.15, 0.2) is 0 Å². The van der Waals surface area contributed by atoms with Crippen LogP contribution in [0.1, 0.15) is 22.8 Å². The van der Waals surface area contributed by atoms with E-state index < -0.39 is 5.97 Å². The molecule has 2 rings (SSSR count). The van der Waals surface area contributed by atoms with Crippen LogP contribution in [0.2, 0.25) is 0 Å². The van der Waals surface area contributed by atoms with E-state index in [2.05, 4.69) is 15.5 Å². The predicted octanol–water partition coefficient (Wildman–Crippen LogP) is 2.71. The molecule has 132 valence electrons. The highest BCUT2D eigenvalue weighted by Gasteiger charge is 2.11. The molecule has 0 spiro atoms. The molecule has 0 bridgehead atoms. The minimum atomic E-state index is -0.964. The van der Waals surface area contributed by atoms with E-state index in [9.17, 15) is 9.59 Å². The van der Waals surface area contributed by atoms with Gasteiger partial charge in [0, 0.05) is 31.9 Å². The Bertz CT molecular complexity index is 702. The second kappa shape index (κ2) is 8.73. The summed E-state index contributed by atoms with van der Waals surface area (Å²) in [7, 11) is 1.99. The van der Waals surface area contributed by atoms with E-state index in [-0.39, 0.29) is 17.6 Å². The molecule has 1 unspecified atom stereocenters. The van der Waals surface area contributed by atoms with Crippen LogP contribution in [0.4, 0.5) is 10.5 Å². The summed E-state index contributed by atoms with van der Waals surface area (Å²) in [5.41, 5.74) is 2.16. The van der Waals surface area contributed by atoms with Crippen molar-refractivity contribution in [1.29, 1.82) is 0 Å². The number of nitrogens with one attached hydrogen (secondary N) is 2. The number of hydrogen-bond acceptors (Lipinski definition) is 3. The van der Waals surface area contributed by atoms with Gasteiger partial charge in [-0.3, -0.25) is 0 Å². The summed E-state index contributed by atoms with van der Waals surface area (Å²) in [6, 6.07) is 16.3. The second-order valence-corrected chi connectivity index (χ2v) is 5.86. The second-order valence-electron chi connectivity index (χ2n) is 5.86. The van der Waals surface area contributed by atoms with Crippen molar-refractivity contribution >= 4 is 17.7 Å². The molecule has 0 aliphatic rings. The Kier molecular flexibility index (Phi) is 6.39. The van der Waals surface area contributed by atoms with Crippen molar-refractivity contribution in [2.24, 2.45) is 0 Å². The quantitative estimate of drug-likeness (QED) is 0.723. The number of nitrogens with zero attached hydrogens (tertiary/aromatic N) is 1. The molecule has 0 saturated carbocycles. The molecular weight excluding hydrogens is 318 g/mol. The van der Waals surface area contributed by atoms with Gasteiger partial charge in [0.25, 0.3) is 0 Å². The van der Waals surface area contributed by atoms with Gasteiger partial charge >= 0.3 is 12.0 Å². The first kappa shape index (κ1) is 18.3.